The first kappa shape index (κ1) is 13.7. The molecule has 2 rings (SSSR count). The van der Waals surface area contributed by atoms with Gasteiger partial charge in [-0.15, -0.1) is 0 Å². The summed E-state index contributed by atoms with van der Waals surface area (Å²) in [4.78, 5) is 0. The van der Waals surface area contributed by atoms with E-state index >= 15 is 0 Å². The van der Waals surface area contributed by atoms with Gasteiger partial charge >= 0.3 is 0 Å². The fourth-order valence-electron chi connectivity index (χ4n) is 2.62. The number of hydrogen-bond donors (Lipinski definition) is 2. The SMILES string of the molecule is CNC1c2ccc(OC)cc2CCC1SCCO. The van der Waals surface area contributed by atoms with Crippen molar-refractivity contribution in [1.29, 1.82) is 0 Å². The Balaban J connectivity index is 2.20. The molecule has 2 unspecified atom stereocenters. The third kappa shape index (κ3) is 2.82. The van der Waals surface area contributed by atoms with Gasteiger partial charge in [-0.3, -0.25) is 0 Å². The summed E-state index contributed by atoms with van der Waals surface area (Å²) < 4.78 is 5.28. The minimum Gasteiger partial charge on any atom is -0.497 e. The molecule has 0 fully saturated rings. The van der Waals surface area contributed by atoms with Crippen LogP contribution in [0.1, 0.15) is 23.6 Å². The summed E-state index contributed by atoms with van der Waals surface area (Å²) in [6.45, 7) is 0.257. The third-order valence-electron chi connectivity index (χ3n) is 3.49. The van der Waals surface area contributed by atoms with Crippen LogP contribution in [-0.2, 0) is 6.42 Å². The molecule has 0 spiro atoms. The monoisotopic (exact) mass is 267 g/mol. The molecule has 0 aromatic heterocycles. The Hall–Kier alpha value is -0.710. The summed E-state index contributed by atoms with van der Waals surface area (Å²) in [5.41, 5.74) is 2.76. The van der Waals surface area contributed by atoms with E-state index in [1.165, 1.54) is 11.1 Å². The average Bonchev–Trinajstić information content (AvgIpc) is 2.43. The first-order valence-electron chi connectivity index (χ1n) is 6.36. The summed E-state index contributed by atoms with van der Waals surface area (Å²) in [6.07, 6.45) is 2.24. The van der Waals surface area contributed by atoms with Crippen LogP contribution in [0.25, 0.3) is 0 Å². The van der Waals surface area contributed by atoms with Crippen molar-refractivity contribution in [3.63, 3.8) is 0 Å². The van der Waals surface area contributed by atoms with Gasteiger partial charge in [0.05, 0.1) is 13.7 Å². The number of benzene rings is 1. The van der Waals surface area contributed by atoms with Crippen LogP contribution in [0.2, 0.25) is 0 Å². The molecule has 18 heavy (non-hydrogen) atoms. The van der Waals surface area contributed by atoms with E-state index in [1.807, 2.05) is 24.9 Å². The zero-order chi connectivity index (χ0) is 13.0. The van der Waals surface area contributed by atoms with Crippen molar-refractivity contribution in [3.8, 4) is 5.75 Å². The first-order chi connectivity index (χ1) is 8.80. The molecule has 2 atom stereocenters. The van der Waals surface area contributed by atoms with E-state index in [-0.39, 0.29) is 6.61 Å². The molecule has 1 aliphatic carbocycles. The molecular weight excluding hydrogens is 246 g/mol. The molecule has 0 heterocycles. The lowest BCUT2D eigenvalue weighted by Gasteiger charge is -2.33. The third-order valence-corrected chi connectivity index (χ3v) is 4.84. The van der Waals surface area contributed by atoms with E-state index in [0.717, 1.165) is 24.3 Å². The second kappa shape index (κ2) is 6.45. The second-order valence-electron chi connectivity index (χ2n) is 4.50. The van der Waals surface area contributed by atoms with Crippen LogP contribution in [0.3, 0.4) is 0 Å². The van der Waals surface area contributed by atoms with Crippen molar-refractivity contribution in [2.24, 2.45) is 0 Å². The number of hydrogen-bond acceptors (Lipinski definition) is 4. The van der Waals surface area contributed by atoms with Gasteiger partial charge in [-0.05, 0) is 43.1 Å². The number of aliphatic hydroxyl groups excluding tert-OH is 1. The molecule has 4 heteroatoms. The van der Waals surface area contributed by atoms with Crippen LogP contribution in [0, 0.1) is 0 Å². The van der Waals surface area contributed by atoms with Gasteiger partial charge in [0.1, 0.15) is 5.75 Å². The number of fused-ring (bicyclic) bond motifs is 1. The van der Waals surface area contributed by atoms with Gasteiger partial charge < -0.3 is 15.2 Å². The number of aliphatic hydroxyl groups is 1. The van der Waals surface area contributed by atoms with Gasteiger partial charge in [-0.1, -0.05) is 6.07 Å². The molecule has 0 radical (unpaired) electrons. The Bertz CT molecular complexity index is 397. The average molecular weight is 267 g/mol. The molecule has 1 aromatic carbocycles. The summed E-state index contributed by atoms with van der Waals surface area (Å²) in [7, 11) is 3.72. The predicted octanol–water partition coefficient (Wildman–Crippen LogP) is 2.00. The quantitative estimate of drug-likeness (QED) is 0.856. The largest absolute Gasteiger partial charge is 0.497 e. The predicted molar refractivity (Wildman–Crippen MR) is 76.4 cm³/mol. The van der Waals surface area contributed by atoms with E-state index in [0.29, 0.717) is 11.3 Å². The van der Waals surface area contributed by atoms with Crippen LogP contribution in [0.4, 0.5) is 0 Å². The van der Waals surface area contributed by atoms with Gasteiger partial charge in [-0.2, -0.15) is 11.8 Å². The van der Waals surface area contributed by atoms with E-state index < -0.39 is 0 Å². The molecule has 0 aliphatic heterocycles. The molecular formula is C14H21NO2S. The Labute approximate surface area is 113 Å². The fourth-order valence-corrected chi connectivity index (χ4v) is 3.79. The normalized spacial score (nSPS) is 22.6. The van der Waals surface area contributed by atoms with Crippen molar-refractivity contribution < 1.29 is 9.84 Å². The summed E-state index contributed by atoms with van der Waals surface area (Å²) >= 11 is 1.86. The molecule has 0 amide bonds. The molecule has 100 valence electrons. The minimum absolute atomic E-state index is 0.257. The van der Waals surface area contributed by atoms with Crippen molar-refractivity contribution in [1.82, 2.24) is 5.32 Å². The van der Waals surface area contributed by atoms with Gasteiger partial charge in [0.25, 0.3) is 0 Å². The highest BCUT2D eigenvalue weighted by Crippen LogP contribution is 2.37. The highest BCUT2D eigenvalue weighted by atomic mass is 32.2. The van der Waals surface area contributed by atoms with Gasteiger partial charge in [0.15, 0.2) is 0 Å². The molecule has 0 saturated carbocycles. The zero-order valence-electron chi connectivity index (χ0n) is 11.0. The van der Waals surface area contributed by atoms with Crippen LogP contribution >= 0.6 is 11.8 Å². The second-order valence-corrected chi connectivity index (χ2v) is 5.85. The molecule has 1 aliphatic rings. The van der Waals surface area contributed by atoms with Crippen molar-refractivity contribution in [2.75, 3.05) is 26.5 Å². The van der Waals surface area contributed by atoms with Gasteiger partial charge in [-0.25, -0.2) is 0 Å². The number of aryl methyl sites for hydroxylation is 1. The lowest BCUT2D eigenvalue weighted by Crippen LogP contribution is -2.32. The van der Waals surface area contributed by atoms with E-state index in [2.05, 4.69) is 17.4 Å². The maximum atomic E-state index is 8.96. The summed E-state index contributed by atoms with van der Waals surface area (Å²) in [6, 6.07) is 6.71. The summed E-state index contributed by atoms with van der Waals surface area (Å²) in [5.74, 6) is 1.75. The highest BCUT2D eigenvalue weighted by Gasteiger charge is 2.28. The van der Waals surface area contributed by atoms with Crippen molar-refractivity contribution in [3.05, 3.63) is 29.3 Å². The molecule has 0 saturated heterocycles. The van der Waals surface area contributed by atoms with Crippen LogP contribution in [0.15, 0.2) is 18.2 Å². The molecule has 1 aromatic rings. The maximum absolute atomic E-state index is 8.96. The van der Waals surface area contributed by atoms with Gasteiger partial charge in [0, 0.05) is 17.0 Å². The summed E-state index contributed by atoms with van der Waals surface area (Å²) in [5, 5.41) is 12.9. The standard InChI is InChI=1S/C14H21NO2S/c1-15-14-12-5-4-11(17-2)9-10(12)3-6-13(14)18-8-7-16/h4-5,9,13-16H,3,6-8H2,1-2H3. The lowest BCUT2D eigenvalue weighted by atomic mass is 9.87. The molecule has 0 bridgehead atoms. The van der Waals surface area contributed by atoms with E-state index in [4.69, 9.17) is 9.84 Å². The number of thioether (sulfide) groups is 1. The number of methoxy groups -OCH3 is 1. The molecule has 2 N–H and O–H groups in total. The minimum atomic E-state index is 0.257. The molecule has 3 nitrogen and oxygen atoms in total. The van der Waals surface area contributed by atoms with Gasteiger partial charge in [0.2, 0.25) is 0 Å². The Morgan fingerprint density at radius 3 is 3.00 bits per heavy atom. The van der Waals surface area contributed by atoms with E-state index in [1.54, 1.807) is 7.11 Å². The lowest BCUT2D eigenvalue weighted by molar-refractivity contribution is 0.322. The zero-order valence-corrected chi connectivity index (χ0v) is 11.8. The smallest absolute Gasteiger partial charge is 0.119 e. The Kier molecular flexibility index (Phi) is 4.92. The Morgan fingerprint density at radius 1 is 1.50 bits per heavy atom. The fraction of sp³-hybridized carbons (Fsp3) is 0.571. The highest BCUT2D eigenvalue weighted by molar-refractivity contribution is 7.99. The number of rotatable bonds is 5. The van der Waals surface area contributed by atoms with Crippen molar-refractivity contribution in [2.45, 2.75) is 24.1 Å². The van der Waals surface area contributed by atoms with Crippen molar-refractivity contribution >= 4 is 11.8 Å². The van der Waals surface area contributed by atoms with Crippen LogP contribution < -0.4 is 10.1 Å². The van der Waals surface area contributed by atoms with Crippen LogP contribution in [0.5, 0.6) is 5.75 Å². The number of nitrogens with one attached hydrogen (secondary N) is 1. The Morgan fingerprint density at radius 2 is 2.33 bits per heavy atom. The first-order valence-corrected chi connectivity index (χ1v) is 7.41. The maximum Gasteiger partial charge on any atom is 0.119 e. The van der Waals surface area contributed by atoms with Crippen LogP contribution in [-0.4, -0.2) is 36.9 Å². The van der Waals surface area contributed by atoms with E-state index in [9.17, 15) is 0 Å². The topological polar surface area (TPSA) is 41.5 Å². The number of ether oxygens (including phenoxy) is 1.